The molecule has 0 aromatic heterocycles. The third-order valence-corrected chi connectivity index (χ3v) is 3.05. The van der Waals surface area contributed by atoms with Gasteiger partial charge < -0.3 is 10.5 Å². The molecule has 0 spiro atoms. The van der Waals surface area contributed by atoms with E-state index in [4.69, 9.17) is 10.5 Å². The number of benzene rings is 1. The first-order valence-electron chi connectivity index (χ1n) is 6.06. The number of hydrogen-bond acceptors (Lipinski definition) is 2. The highest BCUT2D eigenvalue weighted by Gasteiger charge is 2.10. The SMILES string of the molecule is CCC(CCC(C)N)c1ccc(OC)cc1. The second kappa shape index (κ2) is 6.54. The molecule has 0 aliphatic rings. The molecule has 1 rings (SSSR count). The van der Waals surface area contributed by atoms with E-state index in [1.807, 2.05) is 12.1 Å². The lowest BCUT2D eigenvalue weighted by Crippen LogP contribution is -2.15. The van der Waals surface area contributed by atoms with Crippen LogP contribution in [0.1, 0.15) is 44.6 Å². The second-order valence-corrected chi connectivity index (χ2v) is 4.43. The maximum atomic E-state index is 5.80. The average Bonchev–Trinajstić information content (AvgIpc) is 2.30. The van der Waals surface area contributed by atoms with Gasteiger partial charge in [0, 0.05) is 6.04 Å². The fourth-order valence-electron chi connectivity index (χ4n) is 1.95. The van der Waals surface area contributed by atoms with Crippen molar-refractivity contribution in [2.75, 3.05) is 7.11 Å². The molecule has 2 unspecified atom stereocenters. The third-order valence-electron chi connectivity index (χ3n) is 3.05. The number of nitrogens with two attached hydrogens (primary N) is 1. The highest BCUT2D eigenvalue weighted by Crippen LogP contribution is 2.26. The van der Waals surface area contributed by atoms with Crippen LogP contribution in [0.5, 0.6) is 5.75 Å². The quantitative estimate of drug-likeness (QED) is 0.799. The molecule has 0 saturated heterocycles. The van der Waals surface area contributed by atoms with Crippen molar-refractivity contribution in [1.29, 1.82) is 0 Å². The largest absolute Gasteiger partial charge is 0.497 e. The van der Waals surface area contributed by atoms with E-state index in [-0.39, 0.29) is 0 Å². The van der Waals surface area contributed by atoms with Crippen LogP contribution in [0.25, 0.3) is 0 Å². The molecule has 0 heterocycles. The van der Waals surface area contributed by atoms with Gasteiger partial charge in [-0.25, -0.2) is 0 Å². The molecule has 2 N–H and O–H groups in total. The lowest BCUT2D eigenvalue weighted by molar-refractivity contribution is 0.414. The Morgan fingerprint density at radius 2 is 1.81 bits per heavy atom. The summed E-state index contributed by atoms with van der Waals surface area (Å²) in [5.41, 5.74) is 7.19. The highest BCUT2D eigenvalue weighted by molar-refractivity contribution is 5.29. The maximum Gasteiger partial charge on any atom is 0.118 e. The van der Waals surface area contributed by atoms with Crippen LogP contribution in [-0.4, -0.2) is 13.2 Å². The van der Waals surface area contributed by atoms with Crippen LogP contribution < -0.4 is 10.5 Å². The zero-order valence-electron chi connectivity index (χ0n) is 10.6. The Morgan fingerprint density at radius 3 is 2.25 bits per heavy atom. The van der Waals surface area contributed by atoms with Crippen molar-refractivity contribution in [3.63, 3.8) is 0 Å². The lowest BCUT2D eigenvalue weighted by atomic mass is 9.90. The van der Waals surface area contributed by atoms with E-state index in [9.17, 15) is 0 Å². The lowest BCUT2D eigenvalue weighted by Gasteiger charge is -2.16. The van der Waals surface area contributed by atoms with E-state index < -0.39 is 0 Å². The van der Waals surface area contributed by atoms with Gasteiger partial charge in [-0.05, 0) is 49.8 Å². The molecular weight excluding hydrogens is 198 g/mol. The number of rotatable bonds is 6. The Kier molecular flexibility index (Phi) is 5.33. The Balaban J connectivity index is 2.63. The first-order valence-corrected chi connectivity index (χ1v) is 6.06. The van der Waals surface area contributed by atoms with Crippen LogP contribution in [0.3, 0.4) is 0 Å². The molecular formula is C14H23NO. The smallest absolute Gasteiger partial charge is 0.118 e. The Morgan fingerprint density at radius 1 is 1.19 bits per heavy atom. The molecule has 2 heteroatoms. The van der Waals surface area contributed by atoms with Gasteiger partial charge in [-0.1, -0.05) is 19.1 Å². The first-order chi connectivity index (χ1) is 7.67. The van der Waals surface area contributed by atoms with Gasteiger partial charge in [-0.3, -0.25) is 0 Å². The van der Waals surface area contributed by atoms with Crippen LogP contribution in [0.4, 0.5) is 0 Å². The number of ether oxygens (including phenoxy) is 1. The van der Waals surface area contributed by atoms with Gasteiger partial charge in [0.2, 0.25) is 0 Å². The van der Waals surface area contributed by atoms with Crippen molar-refractivity contribution >= 4 is 0 Å². The molecule has 90 valence electrons. The van der Waals surface area contributed by atoms with Crippen molar-refractivity contribution in [3.05, 3.63) is 29.8 Å². The normalized spacial score (nSPS) is 14.5. The minimum atomic E-state index is 0.298. The predicted octanol–water partition coefficient (Wildman–Crippen LogP) is 3.32. The van der Waals surface area contributed by atoms with E-state index in [2.05, 4.69) is 26.0 Å². The van der Waals surface area contributed by atoms with Crippen molar-refractivity contribution < 1.29 is 4.74 Å². The monoisotopic (exact) mass is 221 g/mol. The molecule has 0 bridgehead atoms. The van der Waals surface area contributed by atoms with Crippen LogP contribution in [0.15, 0.2) is 24.3 Å². The predicted molar refractivity (Wildman–Crippen MR) is 68.9 cm³/mol. The fraction of sp³-hybridized carbons (Fsp3) is 0.571. The zero-order chi connectivity index (χ0) is 12.0. The van der Waals surface area contributed by atoms with Gasteiger partial charge in [0.25, 0.3) is 0 Å². The topological polar surface area (TPSA) is 35.2 Å². The van der Waals surface area contributed by atoms with Gasteiger partial charge >= 0.3 is 0 Å². The van der Waals surface area contributed by atoms with Crippen LogP contribution >= 0.6 is 0 Å². The van der Waals surface area contributed by atoms with E-state index in [0.717, 1.165) is 12.2 Å². The summed E-state index contributed by atoms with van der Waals surface area (Å²) < 4.78 is 5.16. The van der Waals surface area contributed by atoms with Crippen molar-refractivity contribution in [1.82, 2.24) is 0 Å². The van der Waals surface area contributed by atoms with Gasteiger partial charge in [0.1, 0.15) is 5.75 Å². The van der Waals surface area contributed by atoms with Crippen LogP contribution in [0, 0.1) is 0 Å². The molecule has 1 aromatic carbocycles. The summed E-state index contributed by atoms with van der Waals surface area (Å²) in [6.45, 7) is 4.30. The minimum absolute atomic E-state index is 0.298. The standard InChI is InChI=1S/C14H23NO/c1-4-12(6-5-11(2)15)13-7-9-14(16-3)10-8-13/h7-12H,4-6,15H2,1-3H3. The molecule has 0 aliphatic carbocycles. The summed E-state index contributed by atoms with van der Waals surface area (Å²) in [6.07, 6.45) is 3.42. The first kappa shape index (κ1) is 13.0. The zero-order valence-corrected chi connectivity index (χ0v) is 10.6. The minimum Gasteiger partial charge on any atom is -0.497 e. The van der Waals surface area contributed by atoms with E-state index >= 15 is 0 Å². The molecule has 16 heavy (non-hydrogen) atoms. The summed E-state index contributed by atoms with van der Waals surface area (Å²) in [5.74, 6) is 1.54. The van der Waals surface area contributed by atoms with Crippen LogP contribution in [0.2, 0.25) is 0 Å². The molecule has 0 aliphatic heterocycles. The Bertz CT molecular complexity index is 292. The van der Waals surface area contributed by atoms with Gasteiger partial charge in [0.15, 0.2) is 0 Å². The van der Waals surface area contributed by atoms with Gasteiger partial charge in [-0.2, -0.15) is 0 Å². The average molecular weight is 221 g/mol. The summed E-state index contributed by atoms with van der Waals surface area (Å²) in [5, 5.41) is 0. The number of methoxy groups -OCH3 is 1. The Labute approximate surface area is 98.8 Å². The fourth-order valence-corrected chi connectivity index (χ4v) is 1.95. The summed E-state index contributed by atoms with van der Waals surface area (Å²) in [4.78, 5) is 0. The van der Waals surface area contributed by atoms with E-state index in [0.29, 0.717) is 12.0 Å². The maximum absolute atomic E-state index is 5.80. The van der Waals surface area contributed by atoms with Gasteiger partial charge in [-0.15, -0.1) is 0 Å². The summed E-state index contributed by atoms with van der Waals surface area (Å²) >= 11 is 0. The molecule has 0 fully saturated rings. The second-order valence-electron chi connectivity index (χ2n) is 4.43. The summed E-state index contributed by atoms with van der Waals surface area (Å²) in [7, 11) is 1.70. The molecule has 1 aromatic rings. The van der Waals surface area contributed by atoms with Crippen LogP contribution in [-0.2, 0) is 0 Å². The Hall–Kier alpha value is -1.02. The van der Waals surface area contributed by atoms with Crippen molar-refractivity contribution in [2.24, 2.45) is 5.73 Å². The van der Waals surface area contributed by atoms with E-state index in [1.54, 1.807) is 7.11 Å². The third kappa shape index (κ3) is 3.86. The molecule has 2 nitrogen and oxygen atoms in total. The molecule has 0 saturated carbocycles. The molecule has 0 amide bonds. The van der Waals surface area contributed by atoms with Gasteiger partial charge in [0.05, 0.1) is 7.11 Å². The molecule has 2 atom stereocenters. The number of hydrogen-bond donors (Lipinski definition) is 1. The molecule has 0 radical (unpaired) electrons. The van der Waals surface area contributed by atoms with Crippen molar-refractivity contribution in [3.8, 4) is 5.75 Å². The van der Waals surface area contributed by atoms with E-state index in [1.165, 1.54) is 18.4 Å². The van der Waals surface area contributed by atoms with Crippen molar-refractivity contribution in [2.45, 2.75) is 45.1 Å². The highest BCUT2D eigenvalue weighted by atomic mass is 16.5. The summed E-state index contributed by atoms with van der Waals surface area (Å²) in [6, 6.07) is 8.68.